The largest absolute Gasteiger partial charge is 0.497 e. The number of methoxy groups -OCH3 is 2. The Morgan fingerprint density at radius 1 is 1.07 bits per heavy atom. The lowest BCUT2D eigenvalue weighted by Gasteiger charge is -2.38. The van der Waals surface area contributed by atoms with E-state index in [0.717, 1.165) is 59.8 Å². The van der Waals surface area contributed by atoms with Crippen LogP contribution in [0.5, 0.6) is 11.8 Å². The molecule has 6 rings (SSSR count). The predicted octanol–water partition coefficient (Wildman–Crippen LogP) is 3.13. The zero-order chi connectivity index (χ0) is 29.2. The molecule has 1 amide bonds. The minimum Gasteiger partial charge on any atom is -0.497 e. The van der Waals surface area contributed by atoms with Gasteiger partial charge in [0.2, 0.25) is 5.91 Å². The third kappa shape index (κ3) is 5.61. The highest BCUT2D eigenvalue weighted by atomic mass is 16.5. The first-order valence-corrected chi connectivity index (χ1v) is 14.7. The Morgan fingerprint density at radius 2 is 1.88 bits per heavy atom. The molecule has 2 atom stereocenters. The van der Waals surface area contributed by atoms with Crippen molar-refractivity contribution >= 4 is 28.2 Å². The third-order valence-corrected chi connectivity index (χ3v) is 8.87. The van der Waals surface area contributed by atoms with Crippen molar-refractivity contribution in [3.05, 3.63) is 60.3 Å². The number of likely N-dealkylation sites (tertiary alicyclic amines) is 1. The quantitative estimate of drug-likeness (QED) is 0.378. The molecular weight excluding hydrogens is 532 g/mol. The molecule has 0 radical (unpaired) electrons. The lowest BCUT2D eigenvalue weighted by atomic mass is 10.0. The summed E-state index contributed by atoms with van der Waals surface area (Å²) < 4.78 is 17.6. The minimum atomic E-state index is -0.0282. The molecule has 0 aliphatic carbocycles. The molecule has 3 aliphatic rings. The van der Waals surface area contributed by atoms with E-state index in [9.17, 15) is 4.79 Å². The van der Waals surface area contributed by atoms with Crippen LogP contribution in [0.1, 0.15) is 17.7 Å². The second-order valence-electron chi connectivity index (χ2n) is 11.3. The second-order valence-corrected chi connectivity index (χ2v) is 11.3. The number of likely N-dealkylation sites (N-methyl/N-ethyl adjacent to an activating group) is 1. The second kappa shape index (κ2) is 12.1. The van der Waals surface area contributed by atoms with Gasteiger partial charge >= 0.3 is 6.01 Å². The maximum Gasteiger partial charge on any atom is 0.318 e. The van der Waals surface area contributed by atoms with Gasteiger partial charge in [-0.2, -0.15) is 9.97 Å². The first-order valence-electron chi connectivity index (χ1n) is 14.7. The minimum absolute atomic E-state index is 0.0282. The van der Waals surface area contributed by atoms with Gasteiger partial charge in [-0.15, -0.1) is 0 Å². The molecule has 0 N–H and O–H groups in total. The normalized spacial score (nSPS) is 21.0. The maximum absolute atomic E-state index is 12.2. The van der Waals surface area contributed by atoms with E-state index in [4.69, 9.17) is 24.2 Å². The number of rotatable bonds is 8. The van der Waals surface area contributed by atoms with Gasteiger partial charge < -0.3 is 28.9 Å². The lowest BCUT2D eigenvalue weighted by Crippen LogP contribution is -2.49. The average Bonchev–Trinajstić information content (AvgIpc) is 3.41. The molecule has 2 aromatic carbocycles. The summed E-state index contributed by atoms with van der Waals surface area (Å²) in [6, 6.07) is 13.3. The van der Waals surface area contributed by atoms with Crippen LogP contribution in [-0.2, 0) is 22.5 Å². The van der Waals surface area contributed by atoms with Crippen LogP contribution in [0.2, 0.25) is 0 Å². The van der Waals surface area contributed by atoms with Crippen molar-refractivity contribution in [2.24, 2.45) is 0 Å². The van der Waals surface area contributed by atoms with Crippen molar-refractivity contribution in [2.75, 3.05) is 76.9 Å². The molecule has 1 aromatic heterocycles. The van der Waals surface area contributed by atoms with Gasteiger partial charge in [-0.3, -0.25) is 9.69 Å². The zero-order valence-corrected chi connectivity index (χ0v) is 24.8. The summed E-state index contributed by atoms with van der Waals surface area (Å²) in [4.78, 5) is 30.9. The summed E-state index contributed by atoms with van der Waals surface area (Å²) >= 11 is 0. The number of carbonyl (C=O) groups excluding carboxylic acids is 1. The van der Waals surface area contributed by atoms with E-state index < -0.39 is 0 Å². The molecule has 3 aromatic rings. The summed E-state index contributed by atoms with van der Waals surface area (Å²) in [5, 5.41) is 2.33. The topological polar surface area (TPSA) is 83.5 Å². The lowest BCUT2D eigenvalue weighted by molar-refractivity contribution is -0.126. The fraction of sp³-hybridized carbons (Fsp3) is 0.469. The number of anilines is 2. The van der Waals surface area contributed by atoms with E-state index in [-0.39, 0.29) is 18.1 Å². The summed E-state index contributed by atoms with van der Waals surface area (Å²) in [6.45, 7) is 9.18. The fourth-order valence-corrected chi connectivity index (χ4v) is 6.40. The molecular formula is C32H40N6O4. The van der Waals surface area contributed by atoms with Gasteiger partial charge in [0.05, 0.1) is 25.5 Å². The predicted molar refractivity (Wildman–Crippen MR) is 164 cm³/mol. The van der Waals surface area contributed by atoms with Crippen LogP contribution in [0.4, 0.5) is 11.5 Å². The highest BCUT2D eigenvalue weighted by Crippen LogP contribution is 2.37. The van der Waals surface area contributed by atoms with Crippen LogP contribution in [-0.4, -0.2) is 105 Å². The molecule has 10 heteroatoms. The molecule has 4 heterocycles. The molecule has 2 saturated heterocycles. The van der Waals surface area contributed by atoms with Crippen molar-refractivity contribution in [1.29, 1.82) is 0 Å². The monoisotopic (exact) mass is 572 g/mol. The fourth-order valence-electron chi connectivity index (χ4n) is 6.40. The van der Waals surface area contributed by atoms with E-state index in [2.05, 4.69) is 64.7 Å². The first kappa shape index (κ1) is 28.2. The Kier molecular flexibility index (Phi) is 8.17. The Balaban J connectivity index is 1.30. The van der Waals surface area contributed by atoms with Gasteiger partial charge in [0.1, 0.15) is 18.2 Å². The van der Waals surface area contributed by atoms with E-state index >= 15 is 0 Å². The summed E-state index contributed by atoms with van der Waals surface area (Å²) in [7, 11) is 5.58. The molecule has 0 unspecified atom stereocenters. The molecule has 0 saturated carbocycles. The Hall–Kier alpha value is -3.89. The number of aromatic nitrogens is 2. The molecule has 2 fully saturated rings. The number of piperazine rings is 1. The van der Waals surface area contributed by atoms with Crippen molar-refractivity contribution in [3.8, 4) is 11.8 Å². The molecule has 0 bridgehead atoms. The number of hydrogen-bond acceptors (Lipinski definition) is 9. The Labute approximate surface area is 247 Å². The number of benzene rings is 2. The first-order chi connectivity index (χ1) is 20.5. The average molecular weight is 573 g/mol. The van der Waals surface area contributed by atoms with Crippen molar-refractivity contribution < 1.29 is 19.0 Å². The van der Waals surface area contributed by atoms with Crippen molar-refractivity contribution in [1.82, 2.24) is 19.8 Å². The standard InChI is InChI=1S/C32H40N6O4/c1-5-30(39)36-12-14-37(15-13-36)31-27-10-11-38(29-18-24(40-3)16-22-8-6-7-9-26(22)29)20-28(27)33-32(34-31)42-21-23-17-25(41-4)19-35(23)2/h5-9,16,18,23,25H,1,10-15,17,19-21H2,2-4H3/t23-,25+/m0/s1. The Morgan fingerprint density at radius 3 is 2.62 bits per heavy atom. The van der Waals surface area contributed by atoms with Crippen LogP contribution in [0.25, 0.3) is 10.8 Å². The van der Waals surface area contributed by atoms with E-state index in [0.29, 0.717) is 45.3 Å². The van der Waals surface area contributed by atoms with Crippen LogP contribution in [0, 0.1) is 0 Å². The van der Waals surface area contributed by atoms with Crippen LogP contribution >= 0.6 is 0 Å². The van der Waals surface area contributed by atoms with Gasteiger partial charge in [-0.1, -0.05) is 30.8 Å². The van der Waals surface area contributed by atoms with E-state index in [1.165, 1.54) is 11.5 Å². The zero-order valence-electron chi connectivity index (χ0n) is 24.8. The molecule has 42 heavy (non-hydrogen) atoms. The number of nitrogens with zero attached hydrogens (tertiary/aromatic N) is 6. The SMILES string of the molecule is C=CC(=O)N1CCN(c2nc(OC[C@@H]3C[C@@H](OC)CN3C)nc3c2CCN(c2cc(OC)cc4ccccc24)C3)CC1. The maximum atomic E-state index is 12.2. The van der Waals surface area contributed by atoms with E-state index in [1.54, 1.807) is 14.2 Å². The van der Waals surface area contributed by atoms with Gasteiger partial charge in [-0.05, 0) is 37.4 Å². The molecule has 0 spiro atoms. The van der Waals surface area contributed by atoms with Gasteiger partial charge in [0.25, 0.3) is 0 Å². The number of ether oxygens (including phenoxy) is 3. The molecule has 10 nitrogen and oxygen atoms in total. The molecule has 222 valence electrons. The number of carbonyl (C=O) groups is 1. The van der Waals surface area contributed by atoms with Gasteiger partial charge in [-0.25, -0.2) is 0 Å². The van der Waals surface area contributed by atoms with Gasteiger partial charge in [0, 0.05) is 75.1 Å². The van der Waals surface area contributed by atoms with E-state index in [1.807, 2.05) is 4.90 Å². The third-order valence-electron chi connectivity index (χ3n) is 8.87. The number of hydrogen-bond donors (Lipinski definition) is 0. The highest BCUT2D eigenvalue weighted by Gasteiger charge is 2.32. The smallest absolute Gasteiger partial charge is 0.318 e. The van der Waals surface area contributed by atoms with Crippen molar-refractivity contribution in [2.45, 2.75) is 31.5 Å². The van der Waals surface area contributed by atoms with Gasteiger partial charge in [0.15, 0.2) is 0 Å². The van der Waals surface area contributed by atoms with Crippen LogP contribution in [0.3, 0.4) is 0 Å². The van der Waals surface area contributed by atoms with Crippen LogP contribution < -0.4 is 19.3 Å². The highest BCUT2D eigenvalue weighted by molar-refractivity contribution is 5.96. The summed E-state index contributed by atoms with van der Waals surface area (Å²) in [5.41, 5.74) is 3.27. The summed E-state index contributed by atoms with van der Waals surface area (Å²) in [6.07, 6.45) is 3.33. The summed E-state index contributed by atoms with van der Waals surface area (Å²) in [5.74, 6) is 1.73. The number of amides is 1. The van der Waals surface area contributed by atoms with Crippen molar-refractivity contribution in [3.63, 3.8) is 0 Å². The number of fused-ring (bicyclic) bond motifs is 2. The Bertz CT molecular complexity index is 1460. The van der Waals surface area contributed by atoms with Crippen LogP contribution in [0.15, 0.2) is 49.1 Å². The molecule has 3 aliphatic heterocycles.